The Morgan fingerprint density at radius 2 is 1.62 bits per heavy atom. The maximum absolute atomic E-state index is 6.96. The van der Waals surface area contributed by atoms with Gasteiger partial charge in [0.25, 0.3) is 0 Å². The quantitative estimate of drug-likeness (QED) is 0.189. The molecule has 1 aromatic carbocycles. The summed E-state index contributed by atoms with van der Waals surface area (Å²) in [6.45, 7) is 23.1. The Morgan fingerprint density at radius 3 is 2.29 bits per heavy atom. The van der Waals surface area contributed by atoms with Crippen LogP contribution in [0.2, 0.25) is 46.3 Å². The summed E-state index contributed by atoms with van der Waals surface area (Å²) in [4.78, 5) is 13.8. The lowest BCUT2D eigenvalue weighted by Crippen LogP contribution is -2.48. The molecule has 5 rings (SSSR count). The van der Waals surface area contributed by atoms with Crippen molar-refractivity contribution in [3.63, 3.8) is 0 Å². The summed E-state index contributed by atoms with van der Waals surface area (Å²) in [5.74, 6) is 0.490. The van der Waals surface area contributed by atoms with E-state index in [1.54, 1.807) is 23.1 Å². The van der Waals surface area contributed by atoms with E-state index in [4.69, 9.17) is 41.8 Å². The van der Waals surface area contributed by atoms with Crippen LogP contribution in [0.25, 0.3) is 28.0 Å². The third-order valence-corrected chi connectivity index (χ3v) is 18.9. The zero-order chi connectivity index (χ0) is 30.8. The van der Waals surface area contributed by atoms with Crippen molar-refractivity contribution in [1.82, 2.24) is 34.5 Å². The molecule has 3 atom stereocenters. The summed E-state index contributed by atoms with van der Waals surface area (Å²) in [6, 6.07) is 3.40. The van der Waals surface area contributed by atoms with Gasteiger partial charge < -0.3 is 13.6 Å². The molecule has 0 unspecified atom stereocenters. The van der Waals surface area contributed by atoms with Crippen molar-refractivity contribution < 1.29 is 13.6 Å². The number of rotatable bonds is 7. The van der Waals surface area contributed by atoms with Crippen molar-refractivity contribution in [2.24, 2.45) is 0 Å². The third-order valence-electron chi connectivity index (χ3n) is 9.19. The molecule has 1 aliphatic heterocycles. The number of halogens is 2. The fourth-order valence-corrected chi connectivity index (χ4v) is 7.17. The lowest BCUT2D eigenvalue weighted by Gasteiger charge is -2.40. The number of aromatic nitrogens is 7. The number of fused-ring (bicyclic) bond motifs is 2. The second-order valence-electron chi connectivity index (χ2n) is 14.1. The fraction of sp³-hybridized carbons (Fsp3) is 0.607. The molecule has 3 aromatic heterocycles. The Labute approximate surface area is 259 Å². The minimum Gasteiger partial charge on any atom is -0.414 e. The van der Waals surface area contributed by atoms with E-state index >= 15 is 0 Å². The molecular weight excluding hydrogens is 609 g/mol. The topological polar surface area (TPSA) is 102 Å². The molecule has 0 aliphatic carbocycles. The standard InChI is InChI=1S/C28H41Cl2N7O3Si2/c1-27(2,3)41(7,8)38-14-22-21(40-42(9,10)28(4,5)6)13-23(39-22)36-16-33-24-25(36)31-15-32-26(24)37-20-12-18(30)17(29)11-19(20)34-35-37/h11-12,15-16,21-23H,13-14H2,1-10H3/t21-,22+,23+/m0/s1. The molecule has 14 heteroatoms. The molecule has 0 bridgehead atoms. The fourth-order valence-electron chi connectivity index (χ4n) is 4.49. The van der Waals surface area contributed by atoms with E-state index in [-0.39, 0.29) is 28.5 Å². The third kappa shape index (κ3) is 5.79. The van der Waals surface area contributed by atoms with E-state index in [1.807, 2.05) is 4.57 Å². The van der Waals surface area contributed by atoms with E-state index in [2.05, 4.69) is 88.0 Å². The van der Waals surface area contributed by atoms with E-state index in [9.17, 15) is 0 Å². The molecule has 0 radical (unpaired) electrons. The summed E-state index contributed by atoms with van der Waals surface area (Å²) in [6.07, 6.45) is 3.23. The van der Waals surface area contributed by atoms with E-state index in [0.29, 0.717) is 51.1 Å². The first-order chi connectivity index (χ1) is 19.4. The van der Waals surface area contributed by atoms with Crippen LogP contribution in [0.3, 0.4) is 0 Å². The highest BCUT2D eigenvalue weighted by atomic mass is 35.5. The molecular formula is C28H41Cl2N7O3Si2. The van der Waals surface area contributed by atoms with Gasteiger partial charge in [0.05, 0.1) is 34.6 Å². The average Bonchev–Trinajstić information content (AvgIpc) is 3.58. The lowest BCUT2D eigenvalue weighted by atomic mass is 10.2. The summed E-state index contributed by atoms with van der Waals surface area (Å²) in [7, 11) is -4.08. The molecule has 0 N–H and O–H groups in total. The van der Waals surface area contributed by atoms with E-state index in [0.717, 1.165) is 0 Å². The van der Waals surface area contributed by atoms with Crippen LogP contribution in [0.15, 0.2) is 24.8 Å². The van der Waals surface area contributed by atoms with Gasteiger partial charge in [-0.1, -0.05) is 70.0 Å². The number of nitrogens with zero attached hydrogens (tertiary/aromatic N) is 7. The monoisotopic (exact) mass is 649 g/mol. The van der Waals surface area contributed by atoms with Gasteiger partial charge in [-0.2, -0.15) is 4.68 Å². The number of hydrogen-bond donors (Lipinski definition) is 0. The van der Waals surface area contributed by atoms with Crippen LogP contribution >= 0.6 is 23.2 Å². The van der Waals surface area contributed by atoms with Gasteiger partial charge >= 0.3 is 0 Å². The van der Waals surface area contributed by atoms with Crippen molar-refractivity contribution in [3.05, 3.63) is 34.8 Å². The molecule has 1 aliphatic rings. The van der Waals surface area contributed by atoms with Gasteiger partial charge in [0.15, 0.2) is 33.6 Å². The van der Waals surface area contributed by atoms with Gasteiger partial charge in [-0.25, -0.2) is 15.0 Å². The molecule has 1 saturated heterocycles. The number of imidazole rings is 1. The second kappa shape index (κ2) is 10.9. The normalized spacial score (nSPS) is 20.7. The van der Waals surface area contributed by atoms with E-state index < -0.39 is 16.6 Å². The van der Waals surface area contributed by atoms with Crippen LogP contribution in [0.1, 0.15) is 54.2 Å². The average molecular weight is 651 g/mol. The predicted octanol–water partition coefficient (Wildman–Crippen LogP) is 7.57. The van der Waals surface area contributed by atoms with Crippen molar-refractivity contribution in [2.45, 2.75) is 103 Å². The highest BCUT2D eigenvalue weighted by molar-refractivity contribution is 6.74. The van der Waals surface area contributed by atoms with Gasteiger partial charge in [0, 0.05) is 6.42 Å². The largest absolute Gasteiger partial charge is 0.414 e. The molecule has 4 heterocycles. The SMILES string of the molecule is CC(C)(C)[Si](C)(C)OC[C@H]1O[C@@H](n2cnc3c(-n4nnc5cc(Cl)c(Cl)cc54)ncnc32)C[C@@H]1O[Si](C)(C)C(C)(C)C. The van der Waals surface area contributed by atoms with Crippen LogP contribution in [0.4, 0.5) is 0 Å². The highest BCUT2D eigenvalue weighted by Crippen LogP contribution is 2.43. The zero-order valence-electron chi connectivity index (χ0n) is 26.1. The number of benzene rings is 1. The van der Waals surface area contributed by atoms with Crippen LogP contribution < -0.4 is 0 Å². The predicted molar refractivity (Wildman–Crippen MR) is 172 cm³/mol. The lowest BCUT2D eigenvalue weighted by molar-refractivity contribution is -0.0383. The first kappa shape index (κ1) is 31.5. The minimum atomic E-state index is -2.09. The summed E-state index contributed by atoms with van der Waals surface area (Å²) in [5, 5.41) is 9.53. The van der Waals surface area contributed by atoms with Crippen molar-refractivity contribution >= 4 is 62.0 Å². The van der Waals surface area contributed by atoms with Gasteiger partial charge in [-0.05, 0) is 48.4 Å². The maximum Gasteiger partial charge on any atom is 0.192 e. The summed E-state index contributed by atoms with van der Waals surface area (Å²) in [5.41, 5.74) is 2.47. The minimum absolute atomic E-state index is 0.0629. The maximum atomic E-state index is 6.96. The first-order valence-corrected chi connectivity index (χ1v) is 20.8. The molecule has 42 heavy (non-hydrogen) atoms. The van der Waals surface area contributed by atoms with Crippen molar-refractivity contribution in [1.29, 1.82) is 0 Å². The zero-order valence-corrected chi connectivity index (χ0v) is 29.6. The molecule has 4 aromatic rings. The number of hydrogen-bond acceptors (Lipinski definition) is 8. The molecule has 1 fully saturated rings. The summed E-state index contributed by atoms with van der Waals surface area (Å²) < 4.78 is 23.9. The van der Waals surface area contributed by atoms with Crippen LogP contribution in [0, 0.1) is 0 Å². The molecule has 0 saturated carbocycles. The Hall–Kier alpha value is -1.94. The van der Waals surface area contributed by atoms with Gasteiger partial charge in [0.2, 0.25) is 0 Å². The molecule has 10 nitrogen and oxygen atoms in total. The second-order valence-corrected chi connectivity index (χ2v) is 24.5. The Morgan fingerprint density at radius 1 is 0.952 bits per heavy atom. The Kier molecular flexibility index (Phi) is 8.17. The number of ether oxygens (including phenoxy) is 1. The molecule has 0 amide bonds. The Balaban J connectivity index is 1.48. The molecule has 0 spiro atoms. The van der Waals surface area contributed by atoms with Gasteiger partial charge in [0.1, 0.15) is 24.2 Å². The van der Waals surface area contributed by atoms with Crippen LogP contribution in [0.5, 0.6) is 0 Å². The summed E-state index contributed by atoms with van der Waals surface area (Å²) >= 11 is 12.5. The van der Waals surface area contributed by atoms with Crippen molar-refractivity contribution in [2.75, 3.05) is 6.61 Å². The van der Waals surface area contributed by atoms with E-state index in [1.165, 1.54) is 6.33 Å². The Bertz CT molecular complexity index is 1610. The molecule has 228 valence electrons. The highest BCUT2D eigenvalue weighted by Gasteiger charge is 2.47. The van der Waals surface area contributed by atoms with Crippen LogP contribution in [-0.4, -0.2) is 70.0 Å². The first-order valence-electron chi connectivity index (χ1n) is 14.3. The smallest absolute Gasteiger partial charge is 0.192 e. The van der Waals surface area contributed by atoms with Crippen molar-refractivity contribution in [3.8, 4) is 5.82 Å². The van der Waals surface area contributed by atoms with Gasteiger partial charge in [-0.15, -0.1) is 5.10 Å². The van der Waals surface area contributed by atoms with Crippen LogP contribution in [-0.2, 0) is 13.6 Å². The van der Waals surface area contributed by atoms with Gasteiger partial charge in [-0.3, -0.25) is 4.57 Å².